The Hall–Kier alpha value is -1.12. The van der Waals surface area contributed by atoms with Gasteiger partial charge in [0.25, 0.3) is 0 Å². The first-order valence-corrected chi connectivity index (χ1v) is 6.23. The fraction of sp³-hybridized carbons (Fsp3) is 0.692. The predicted octanol–water partition coefficient (Wildman–Crippen LogP) is 3.06. The number of aromatic nitrogens is 2. The molecule has 16 heavy (non-hydrogen) atoms. The van der Waals surface area contributed by atoms with Gasteiger partial charge in [-0.05, 0) is 19.8 Å². The minimum absolute atomic E-state index is 0.170. The van der Waals surface area contributed by atoms with Crippen LogP contribution in [0.2, 0.25) is 0 Å². The van der Waals surface area contributed by atoms with Crippen LogP contribution in [0.15, 0.2) is 12.4 Å². The third kappa shape index (κ3) is 1.91. The Balaban J connectivity index is 2.24. The number of rotatable bonds is 3. The van der Waals surface area contributed by atoms with E-state index in [-0.39, 0.29) is 11.2 Å². The van der Waals surface area contributed by atoms with Crippen LogP contribution >= 0.6 is 0 Å². The van der Waals surface area contributed by atoms with Crippen LogP contribution in [0.25, 0.3) is 0 Å². The van der Waals surface area contributed by atoms with Gasteiger partial charge in [0.1, 0.15) is 0 Å². The number of carbonyl (C=O) groups excluding carboxylic acids is 1. The SMILES string of the molecule is CCn1ccnc1C(=O)C1(C)CCCCC1. The summed E-state index contributed by atoms with van der Waals surface area (Å²) < 4.78 is 1.95. The van der Waals surface area contributed by atoms with Crippen LogP contribution in [0.5, 0.6) is 0 Å². The molecular weight excluding hydrogens is 200 g/mol. The third-order valence-electron chi connectivity index (χ3n) is 3.76. The molecule has 0 amide bonds. The Kier molecular flexibility index (Phi) is 3.13. The molecule has 1 aromatic rings. The van der Waals surface area contributed by atoms with Crippen molar-refractivity contribution in [2.75, 3.05) is 0 Å². The molecule has 0 radical (unpaired) electrons. The number of carbonyl (C=O) groups is 1. The van der Waals surface area contributed by atoms with Gasteiger partial charge < -0.3 is 4.57 Å². The molecule has 0 aliphatic heterocycles. The van der Waals surface area contributed by atoms with E-state index in [1.165, 1.54) is 19.3 Å². The van der Waals surface area contributed by atoms with E-state index < -0.39 is 0 Å². The molecule has 1 aliphatic rings. The Morgan fingerprint density at radius 2 is 2.12 bits per heavy atom. The molecule has 3 heteroatoms. The number of aryl methyl sites for hydroxylation is 1. The molecular formula is C13H20N2O. The van der Waals surface area contributed by atoms with Crippen LogP contribution in [0.4, 0.5) is 0 Å². The van der Waals surface area contributed by atoms with Crippen LogP contribution in [0, 0.1) is 5.41 Å². The van der Waals surface area contributed by atoms with E-state index in [0.717, 1.165) is 19.4 Å². The second-order valence-corrected chi connectivity index (χ2v) is 4.99. The Morgan fingerprint density at radius 3 is 2.75 bits per heavy atom. The third-order valence-corrected chi connectivity index (χ3v) is 3.76. The van der Waals surface area contributed by atoms with E-state index in [1.807, 2.05) is 17.7 Å². The Labute approximate surface area is 96.9 Å². The van der Waals surface area contributed by atoms with Gasteiger partial charge in [-0.15, -0.1) is 0 Å². The first-order chi connectivity index (χ1) is 7.67. The Bertz CT molecular complexity index is 375. The van der Waals surface area contributed by atoms with Crippen LogP contribution in [-0.4, -0.2) is 15.3 Å². The van der Waals surface area contributed by atoms with Crippen LogP contribution in [0.3, 0.4) is 0 Å². The number of hydrogen-bond acceptors (Lipinski definition) is 2. The molecule has 2 rings (SSSR count). The van der Waals surface area contributed by atoms with Crippen molar-refractivity contribution >= 4 is 5.78 Å². The number of imidazole rings is 1. The summed E-state index contributed by atoms with van der Waals surface area (Å²) in [7, 11) is 0. The second-order valence-electron chi connectivity index (χ2n) is 4.99. The van der Waals surface area contributed by atoms with Crippen molar-refractivity contribution in [2.24, 2.45) is 5.41 Å². The van der Waals surface area contributed by atoms with E-state index in [4.69, 9.17) is 0 Å². The topological polar surface area (TPSA) is 34.9 Å². The zero-order valence-electron chi connectivity index (χ0n) is 10.2. The summed E-state index contributed by atoms with van der Waals surface area (Å²) in [6.07, 6.45) is 9.27. The highest BCUT2D eigenvalue weighted by Gasteiger charge is 2.36. The molecule has 0 N–H and O–H groups in total. The second kappa shape index (κ2) is 4.40. The smallest absolute Gasteiger partial charge is 0.204 e. The van der Waals surface area contributed by atoms with Gasteiger partial charge in [-0.3, -0.25) is 4.79 Å². The van der Waals surface area contributed by atoms with Crippen molar-refractivity contribution in [3.8, 4) is 0 Å². The van der Waals surface area contributed by atoms with Gasteiger partial charge in [-0.2, -0.15) is 0 Å². The lowest BCUT2D eigenvalue weighted by molar-refractivity contribution is 0.0733. The van der Waals surface area contributed by atoms with Gasteiger partial charge in [0, 0.05) is 24.4 Å². The number of hydrogen-bond donors (Lipinski definition) is 0. The normalized spacial score (nSPS) is 19.6. The maximum Gasteiger partial charge on any atom is 0.204 e. The number of ketones is 1. The molecule has 0 atom stereocenters. The summed E-state index contributed by atoms with van der Waals surface area (Å²) in [6, 6.07) is 0. The van der Waals surface area contributed by atoms with E-state index in [2.05, 4.69) is 11.9 Å². The molecule has 1 aliphatic carbocycles. The van der Waals surface area contributed by atoms with Crippen molar-refractivity contribution in [3.63, 3.8) is 0 Å². The largest absolute Gasteiger partial charge is 0.329 e. The molecule has 0 saturated heterocycles. The van der Waals surface area contributed by atoms with Crippen LogP contribution in [-0.2, 0) is 6.54 Å². The van der Waals surface area contributed by atoms with Gasteiger partial charge in [0.2, 0.25) is 5.78 Å². The average molecular weight is 220 g/mol. The van der Waals surface area contributed by atoms with Crippen molar-refractivity contribution in [3.05, 3.63) is 18.2 Å². The minimum atomic E-state index is -0.170. The summed E-state index contributed by atoms with van der Waals surface area (Å²) in [5, 5.41) is 0. The van der Waals surface area contributed by atoms with E-state index in [9.17, 15) is 4.79 Å². The number of nitrogens with zero attached hydrogens (tertiary/aromatic N) is 2. The summed E-state index contributed by atoms with van der Waals surface area (Å²) in [4.78, 5) is 16.7. The van der Waals surface area contributed by atoms with Crippen molar-refractivity contribution in [2.45, 2.75) is 52.5 Å². The minimum Gasteiger partial charge on any atom is -0.329 e. The monoisotopic (exact) mass is 220 g/mol. The molecule has 0 aromatic carbocycles. The van der Waals surface area contributed by atoms with Gasteiger partial charge in [0.15, 0.2) is 5.82 Å². The lowest BCUT2D eigenvalue weighted by Crippen LogP contribution is -2.32. The van der Waals surface area contributed by atoms with Gasteiger partial charge in [-0.1, -0.05) is 26.2 Å². The van der Waals surface area contributed by atoms with E-state index >= 15 is 0 Å². The summed E-state index contributed by atoms with van der Waals surface area (Å²) in [5.41, 5.74) is -0.170. The van der Waals surface area contributed by atoms with Gasteiger partial charge in [-0.25, -0.2) is 4.98 Å². The molecule has 0 spiro atoms. The maximum absolute atomic E-state index is 12.5. The zero-order valence-corrected chi connectivity index (χ0v) is 10.2. The van der Waals surface area contributed by atoms with Crippen molar-refractivity contribution in [1.29, 1.82) is 0 Å². The lowest BCUT2D eigenvalue weighted by Gasteiger charge is -2.31. The molecule has 0 unspecified atom stereocenters. The maximum atomic E-state index is 12.5. The van der Waals surface area contributed by atoms with Gasteiger partial charge >= 0.3 is 0 Å². The molecule has 1 heterocycles. The quantitative estimate of drug-likeness (QED) is 0.734. The molecule has 1 saturated carbocycles. The summed E-state index contributed by atoms with van der Waals surface area (Å²) in [5.74, 6) is 0.881. The van der Waals surface area contributed by atoms with Gasteiger partial charge in [0.05, 0.1) is 0 Å². The van der Waals surface area contributed by atoms with Crippen LogP contribution < -0.4 is 0 Å². The zero-order chi connectivity index (χ0) is 11.6. The fourth-order valence-electron chi connectivity index (χ4n) is 2.60. The first kappa shape index (κ1) is 11.4. The van der Waals surface area contributed by atoms with E-state index in [1.54, 1.807) is 6.20 Å². The fourth-order valence-corrected chi connectivity index (χ4v) is 2.60. The highest BCUT2D eigenvalue weighted by Crippen LogP contribution is 2.38. The Morgan fingerprint density at radius 1 is 1.44 bits per heavy atom. The van der Waals surface area contributed by atoms with Crippen LogP contribution in [0.1, 0.15) is 56.6 Å². The predicted molar refractivity (Wildman–Crippen MR) is 63.4 cm³/mol. The lowest BCUT2D eigenvalue weighted by atomic mass is 9.72. The average Bonchev–Trinajstić information content (AvgIpc) is 2.77. The summed E-state index contributed by atoms with van der Waals surface area (Å²) in [6.45, 7) is 4.96. The summed E-state index contributed by atoms with van der Waals surface area (Å²) >= 11 is 0. The first-order valence-electron chi connectivity index (χ1n) is 6.23. The van der Waals surface area contributed by atoms with E-state index in [0.29, 0.717) is 5.82 Å². The van der Waals surface area contributed by atoms with Crippen molar-refractivity contribution < 1.29 is 4.79 Å². The number of Topliss-reactive ketones (excluding diaryl/α,β-unsaturated/α-hetero) is 1. The highest BCUT2D eigenvalue weighted by atomic mass is 16.1. The molecule has 0 bridgehead atoms. The highest BCUT2D eigenvalue weighted by molar-refractivity contribution is 5.97. The standard InChI is InChI=1S/C13H20N2O/c1-3-15-10-9-14-12(15)11(16)13(2)7-5-4-6-8-13/h9-10H,3-8H2,1-2H3. The molecule has 1 fully saturated rings. The van der Waals surface area contributed by atoms with Crippen molar-refractivity contribution in [1.82, 2.24) is 9.55 Å². The molecule has 88 valence electrons. The molecule has 1 aromatic heterocycles. The molecule has 3 nitrogen and oxygen atoms in total.